The lowest BCUT2D eigenvalue weighted by molar-refractivity contribution is -0.0267. The van der Waals surface area contributed by atoms with E-state index in [4.69, 9.17) is 9.15 Å². The Balaban J connectivity index is 1.17. The van der Waals surface area contributed by atoms with Gasteiger partial charge in [-0.25, -0.2) is 0 Å². The fourth-order valence-corrected chi connectivity index (χ4v) is 4.95. The average Bonchev–Trinajstić information content (AvgIpc) is 3.22. The van der Waals surface area contributed by atoms with Crippen molar-refractivity contribution in [2.75, 3.05) is 0 Å². The van der Waals surface area contributed by atoms with Crippen LogP contribution in [0, 0.1) is 11.3 Å². The maximum Gasteiger partial charge on any atom is 0.0934 e. The minimum absolute atomic E-state index is 0.444. The molecule has 0 atom stereocenters. The summed E-state index contributed by atoms with van der Waals surface area (Å²) in [6.45, 7) is 0.710. The second kappa shape index (κ2) is 8.39. The summed E-state index contributed by atoms with van der Waals surface area (Å²) in [4.78, 5) is 4.17. The van der Waals surface area contributed by atoms with Crippen molar-refractivity contribution in [1.29, 1.82) is 0 Å². The van der Waals surface area contributed by atoms with E-state index >= 15 is 0 Å². The van der Waals surface area contributed by atoms with Gasteiger partial charge >= 0.3 is 0 Å². The molecule has 0 unspecified atom stereocenters. The minimum atomic E-state index is 0.444. The summed E-state index contributed by atoms with van der Waals surface area (Å²) in [6.07, 6.45) is 21.3. The largest absolute Gasteiger partial charge is 0.472 e. The Kier molecular flexibility index (Phi) is 5.74. The van der Waals surface area contributed by atoms with Gasteiger partial charge in [-0.05, 0) is 98.8 Å². The molecule has 2 aromatic rings. The lowest BCUT2D eigenvalue weighted by Gasteiger charge is -2.45. The monoisotopic (exact) mass is 353 g/mol. The van der Waals surface area contributed by atoms with Crippen molar-refractivity contribution in [2.24, 2.45) is 11.3 Å². The van der Waals surface area contributed by atoms with Gasteiger partial charge in [0.1, 0.15) is 0 Å². The third-order valence-electron chi connectivity index (χ3n) is 6.79. The zero-order chi connectivity index (χ0) is 17.7. The zero-order valence-electron chi connectivity index (χ0n) is 15.7. The van der Waals surface area contributed by atoms with Gasteiger partial charge < -0.3 is 9.15 Å². The van der Waals surface area contributed by atoms with Crippen molar-refractivity contribution in [3.05, 3.63) is 54.2 Å². The van der Waals surface area contributed by atoms with Crippen molar-refractivity contribution in [3.63, 3.8) is 0 Å². The first-order chi connectivity index (χ1) is 12.8. The van der Waals surface area contributed by atoms with Crippen LogP contribution in [0.5, 0.6) is 0 Å². The summed E-state index contributed by atoms with van der Waals surface area (Å²) < 4.78 is 11.3. The van der Waals surface area contributed by atoms with Crippen molar-refractivity contribution < 1.29 is 9.15 Å². The molecule has 2 aliphatic carbocycles. The van der Waals surface area contributed by atoms with E-state index in [-0.39, 0.29) is 0 Å². The Labute approximate surface area is 157 Å². The number of furan rings is 1. The normalized spacial score (nSPS) is 29.1. The second-order valence-corrected chi connectivity index (χ2v) is 8.49. The van der Waals surface area contributed by atoms with Gasteiger partial charge in [-0.3, -0.25) is 4.98 Å². The smallest absolute Gasteiger partial charge is 0.0934 e. The van der Waals surface area contributed by atoms with E-state index in [1.54, 1.807) is 6.26 Å². The number of aromatic nitrogens is 1. The van der Waals surface area contributed by atoms with E-state index in [0.717, 1.165) is 5.92 Å². The number of nitrogens with zero attached hydrogens (tertiary/aromatic N) is 1. The van der Waals surface area contributed by atoms with E-state index < -0.39 is 0 Å². The quantitative estimate of drug-likeness (QED) is 0.644. The summed E-state index contributed by atoms with van der Waals surface area (Å²) >= 11 is 0. The van der Waals surface area contributed by atoms with Gasteiger partial charge in [0.2, 0.25) is 0 Å². The van der Waals surface area contributed by atoms with Crippen molar-refractivity contribution in [3.8, 4) is 0 Å². The number of ether oxygens (including phenoxy) is 1. The Bertz CT molecular complexity index is 634. The molecule has 0 saturated heterocycles. The van der Waals surface area contributed by atoms with Crippen molar-refractivity contribution >= 4 is 0 Å². The molecule has 2 saturated carbocycles. The average molecular weight is 354 g/mol. The first kappa shape index (κ1) is 17.8. The molecule has 0 amide bonds. The van der Waals surface area contributed by atoms with Crippen LogP contribution in [0.3, 0.4) is 0 Å². The Morgan fingerprint density at radius 2 is 1.85 bits per heavy atom. The Hall–Kier alpha value is -1.61. The van der Waals surface area contributed by atoms with Crippen LogP contribution in [0.25, 0.3) is 0 Å². The minimum Gasteiger partial charge on any atom is -0.472 e. The first-order valence-corrected chi connectivity index (χ1v) is 10.3. The van der Waals surface area contributed by atoms with E-state index in [1.807, 2.05) is 24.7 Å². The van der Waals surface area contributed by atoms with Gasteiger partial charge in [0.05, 0.1) is 25.2 Å². The number of pyridine rings is 1. The molecule has 3 nitrogen and oxygen atoms in total. The summed E-state index contributed by atoms with van der Waals surface area (Å²) in [5, 5.41) is 0. The third kappa shape index (κ3) is 4.56. The number of hydrogen-bond acceptors (Lipinski definition) is 3. The summed E-state index contributed by atoms with van der Waals surface area (Å²) in [7, 11) is 0. The lowest BCUT2D eigenvalue weighted by atomic mass is 9.62. The fourth-order valence-electron chi connectivity index (χ4n) is 4.95. The molecule has 0 aromatic carbocycles. The Morgan fingerprint density at radius 1 is 1.04 bits per heavy atom. The highest BCUT2D eigenvalue weighted by Crippen LogP contribution is 2.50. The van der Waals surface area contributed by atoms with Crippen LogP contribution in [0.2, 0.25) is 0 Å². The van der Waals surface area contributed by atoms with Crippen molar-refractivity contribution in [2.45, 2.75) is 76.9 Å². The molecule has 1 spiro atoms. The standard InChI is InChI=1S/C23H31NO2/c1-2-21(16-24-14-1)18-26-22-7-12-23(13-8-22)10-5-19(6-11-23)3-4-20-9-15-25-17-20/h1-2,9,14-17,19,22H,3-8,10-13,18H2. The van der Waals surface area contributed by atoms with Gasteiger partial charge in [-0.15, -0.1) is 0 Å². The molecule has 26 heavy (non-hydrogen) atoms. The summed E-state index contributed by atoms with van der Waals surface area (Å²) in [5.74, 6) is 0.912. The van der Waals surface area contributed by atoms with Crippen LogP contribution < -0.4 is 0 Å². The van der Waals surface area contributed by atoms with Crippen molar-refractivity contribution in [1.82, 2.24) is 4.98 Å². The topological polar surface area (TPSA) is 35.3 Å². The molecule has 0 radical (unpaired) electrons. The fraction of sp³-hybridized carbons (Fsp3) is 0.609. The molecule has 2 aromatic heterocycles. The zero-order valence-corrected chi connectivity index (χ0v) is 15.7. The van der Waals surface area contributed by atoms with Crippen LogP contribution >= 0.6 is 0 Å². The van der Waals surface area contributed by atoms with Gasteiger partial charge in [0, 0.05) is 12.4 Å². The molecule has 3 heteroatoms. The maximum atomic E-state index is 6.16. The molecule has 2 aliphatic rings. The first-order valence-electron chi connectivity index (χ1n) is 10.3. The van der Waals surface area contributed by atoms with Crippen LogP contribution in [-0.4, -0.2) is 11.1 Å². The number of hydrogen-bond donors (Lipinski definition) is 0. The van der Waals surface area contributed by atoms with Gasteiger partial charge in [-0.1, -0.05) is 6.07 Å². The SMILES string of the molecule is c1cncc(COC2CCC3(CCC(CCc4ccoc4)CC3)CC2)c1. The lowest BCUT2D eigenvalue weighted by Crippen LogP contribution is -2.34. The van der Waals surface area contributed by atoms with Crippen LogP contribution in [0.15, 0.2) is 47.5 Å². The number of aryl methyl sites for hydroxylation is 1. The molecule has 2 heterocycles. The molecule has 4 rings (SSSR count). The van der Waals surface area contributed by atoms with E-state index in [0.29, 0.717) is 18.1 Å². The van der Waals surface area contributed by atoms with E-state index in [1.165, 1.54) is 75.3 Å². The maximum absolute atomic E-state index is 6.16. The molecule has 2 fully saturated rings. The molecular weight excluding hydrogens is 322 g/mol. The highest BCUT2D eigenvalue weighted by atomic mass is 16.5. The molecule has 0 aliphatic heterocycles. The molecule has 0 bridgehead atoms. The highest BCUT2D eigenvalue weighted by Gasteiger charge is 2.38. The second-order valence-electron chi connectivity index (χ2n) is 8.49. The summed E-state index contributed by atoms with van der Waals surface area (Å²) in [6, 6.07) is 6.19. The molecule has 0 N–H and O–H groups in total. The van der Waals surface area contributed by atoms with Gasteiger partial charge in [0.25, 0.3) is 0 Å². The van der Waals surface area contributed by atoms with E-state index in [9.17, 15) is 0 Å². The molecule has 140 valence electrons. The van der Waals surface area contributed by atoms with Crippen LogP contribution in [0.1, 0.15) is 68.9 Å². The summed E-state index contributed by atoms with van der Waals surface area (Å²) in [5.41, 5.74) is 3.17. The van der Waals surface area contributed by atoms with E-state index in [2.05, 4.69) is 17.1 Å². The predicted octanol–water partition coefficient (Wildman–Crippen LogP) is 5.94. The van der Waals surface area contributed by atoms with Gasteiger partial charge in [-0.2, -0.15) is 0 Å². The highest BCUT2D eigenvalue weighted by molar-refractivity contribution is 5.07. The Morgan fingerprint density at radius 3 is 2.54 bits per heavy atom. The van der Waals surface area contributed by atoms with Crippen LogP contribution in [0.4, 0.5) is 0 Å². The number of rotatable bonds is 6. The predicted molar refractivity (Wildman–Crippen MR) is 103 cm³/mol. The molecular formula is C23H31NO2. The van der Waals surface area contributed by atoms with Crippen LogP contribution in [-0.2, 0) is 17.8 Å². The van der Waals surface area contributed by atoms with Gasteiger partial charge in [0.15, 0.2) is 0 Å². The third-order valence-corrected chi connectivity index (χ3v) is 6.79.